The zero-order valence-electron chi connectivity index (χ0n) is 15.7. The number of amides is 1. The average molecular weight is 409 g/mol. The Balaban J connectivity index is 1.62. The Morgan fingerprint density at radius 3 is 2.66 bits per heavy atom. The standard InChI is InChI=1S/C21H20FN5OS/c22-17-5-3-16(4-6-17)19-24-14-18(20(26-19)27-8-10-29-11-9-27)21(28)25-13-15-2-1-7-23-12-15/h1-7,12,14H,8-11,13H2,(H,25,28). The zero-order chi connectivity index (χ0) is 20.1. The summed E-state index contributed by atoms with van der Waals surface area (Å²) in [5.74, 6) is 2.51. The molecule has 0 aliphatic carbocycles. The van der Waals surface area contributed by atoms with Crippen LogP contribution in [0.1, 0.15) is 15.9 Å². The van der Waals surface area contributed by atoms with Crippen LogP contribution >= 0.6 is 11.8 Å². The van der Waals surface area contributed by atoms with Crippen LogP contribution in [0.25, 0.3) is 11.4 Å². The second-order valence-electron chi connectivity index (χ2n) is 6.58. The number of thioether (sulfide) groups is 1. The van der Waals surface area contributed by atoms with Crippen molar-refractivity contribution in [1.29, 1.82) is 0 Å². The third-order valence-corrected chi connectivity index (χ3v) is 5.54. The first-order valence-electron chi connectivity index (χ1n) is 9.33. The van der Waals surface area contributed by atoms with Gasteiger partial charge < -0.3 is 10.2 Å². The van der Waals surface area contributed by atoms with Crippen LogP contribution in [-0.4, -0.2) is 45.5 Å². The topological polar surface area (TPSA) is 71.0 Å². The van der Waals surface area contributed by atoms with Crippen molar-refractivity contribution in [1.82, 2.24) is 20.3 Å². The number of hydrogen-bond acceptors (Lipinski definition) is 6. The monoisotopic (exact) mass is 409 g/mol. The third kappa shape index (κ3) is 4.71. The van der Waals surface area contributed by atoms with E-state index in [1.54, 1.807) is 30.7 Å². The molecule has 29 heavy (non-hydrogen) atoms. The fourth-order valence-corrected chi connectivity index (χ4v) is 3.97. The van der Waals surface area contributed by atoms with Gasteiger partial charge in [0.1, 0.15) is 17.2 Å². The molecule has 0 spiro atoms. The van der Waals surface area contributed by atoms with Crippen LogP contribution in [-0.2, 0) is 6.54 Å². The highest BCUT2D eigenvalue weighted by molar-refractivity contribution is 7.99. The molecule has 1 aliphatic rings. The number of nitrogens with zero attached hydrogens (tertiary/aromatic N) is 4. The molecule has 3 heterocycles. The van der Waals surface area contributed by atoms with E-state index in [0.717, 1.165) is 30.2 Å². The summed E-state index contributed by atoms with van der Waals surface area (Å²) in [6.07, 6.45) is 4.97. The van der Waals surface area contributed by atoms with E-state index in [9.17, 15) is 9.18 Å². The van der Waals surface area contributed by atoms with Gasteiger partial charge in [-0.1, -0.05) is 6.07 Å². The first kappa shape index (κ1) is 19.3. The van der Waals surface area contributed by atoms with Gasteiger partial charge in [-0.25, -0.2) is 14.4 Å². The number of aromatic nitrogens is 3. The van der Waals surface area contributed by atoms with Gasteiger partial charge in [-0.15, -0.1) is 0 Å². The first-order chi connectivity index (χ1) is 14.2. The van der Waals surface area contributed by atoms with Gasteiger partial charge in [-0.2, -0.15) is 11.8 Å². The number of carbonyl (C=O) groups excluding carboxylic acids is 1. The molecule has 0 unspecified atom stereocenters. The summed E-state index contributed by atoms with van der Waals surface area (Å²) < 4.78 is 13.3. The van der Waals surface area contributed by atoms with E-state index in [0.29, 0.717) is 29.3 Å². The van der Waals surface area contributed by atoms with Crippen molar-refractivity contribution >= 4 is 23.5 Å². The van der Waals surface area contributed by atoms with Crippen LogP contribution in [0.4, 0.5) is 10.2 Å². The largest absolute Gasteiger partial charge is 0.354 e. The summed E-state index contributed by atoms with van der Waals surface area (Å²) >= 11 is 1.88. The van der Waals surface area contributed by atoms with Gasteiger partial charge in [0.05, 0.1) is 0 Å². The molecular weight excluding hydrogens is 389 g/mol. The Hall–Kier alpha value is -3.00. The lowest BCUT2D eigenvalue weighted by atomic mass is 10.2. The van der Waals surface area contributed by atoms with Gasteiger partial charge in [0.2, 0.25) is 0 Å². The molecular formula is C21H20FN5OS. The molecule has 8 heteroatoms. The molecule has 148 valence electrons. The van der Waals surface area contributed by atoms with E-state index < -0.39 is 0 Å². The molecule has 1 N–H and O–H groups in total. The van der Waals surface area contributed by atoms with Crippen LogP contribution < -0.4 is 10.2 Å². The Labute approximate surface area is 172 Å². The number of carbonyl (C=O) groups is 1. The maximum Gasteiger partial charge on any atom is 0.256 e. The quantitative estimate of drug-likeness (QED) is 0.698. The minimum Gasteiger partial charge on any atom is -0.354 e. The number of halogens is 1. The Morgan fingerprint density at radius 1 is 1.14 bits per heavy atom. The molecule has 4 rings (SSSR count). The summed E-state index contributed by atoms with van der Waals surface area (Å²) in [5.41, 5.74) is 2.06. The normalized spacial score (nSPS) is 13.9. The highest BCUT2D eigenvalue weighted by Crippen LogP contribution is 2.25. The van der Waals surface area contributed by atoms with Gasteiger partial charge >= 0.3 is 0 Å². The number of benzene rings is 1. The van der Waals surface area contributed by atoms with Crippen molar-refractivity contribution in [2.75, 3.05) is 29.5 Å². The molecule has 1 amide bonds. The maximum absolute atomic E-state index is 13.3. The fourth-order valence-electron chi connectivity index (χ4n) is 3.07. The molecule has 1 aliphatic heterocycles. The summed E-state index contributed by atoms with van der Waals surface area (Å²) in [4.78, 5) is 28.1. The molecule has 6 nitrogen and oxygen atoms in total. The highest BCUT2D eigenvalue weighted by atomic mass is 32.2. The summed E-state index contributed by atoms with van der Waals surface area (Å²) in [6.45, 7) is 2.00. The summed E-state index contributed by atoms with van der Waals surface area (Å²) in [7, 11) is 0. The SMILES string of the molecule is O=C(NCc1cccnc1)c1cnc(-c2ccc(F)cc2)nc1N1CCSCC1. The lowest BCUT2D eigenvalue weighted by Crippen LogP contribution is -2.36. The van der Waals surface area contributed by atoms with E-state index >= 15 is 0 Å². The summed E-state index contributed by atoms with van der Waals surface area (Å²) in [6, 6.07) is 9.78. The van der Waals surface area contributed by atoms with E-state index in [2.05, 4.69) is 25.2 Å². The molecule has 1 aromatic carbocycles. The Bertz CT molecular complexity index is 978. The van der Waals surface area contributed by atoms with E-state index in [1.165, 1.54) is 12.1 Å². The van der Waals surface area contributed by atoms with Gasteiger partial charge in [0.25, 0.3) is 5.91 Å². The second-order valence-corrected chi connectivity index (χ2v) is 7.81. The number of anilines is 1. The predicted molar refractivity (Wildman–Crippen MR) is 112 cm³/mol. The van der Waals surface area contributed by atoms with Crippen molar-refractivity contribution in [3.8, 4) is 11.4 Å². The molecule has 0 radical (unpaired) electrons. The zero-order valence-corrected chi connectivity index (χ0v) is 16.5. The predicted octanol–water partition coefficient (Wildman–Crippen LogP) is 3.16. The average Bonchev–Trinajstić information content (AvgIpc) is 2.79. The molecule has 1 fully saturated rings. The Morgan fingerprint density at radius 2 is 1.93 bits per heavy atom. The molecule has 0 saturated carbocycles. The number of rotatable bonds is 5. The van der Waals surface area contributed by atoms with Crippen LogP contribution in [0.2, 0.25) is 0 Å². The minimum atomic E-state index is -0.312. The van der Waals surface area contributed by atoms with Crippen LogP contribution in [0, 0.1) is 5.82 Å². The molecule has 0 bridgehead atoms. The van der Waals surface area contributed by atoms with Crippen LogP contribution in [0.5, 0.6) is 0 Å². The second kappa shape index (κ2) is 9.00. The smallest absolute Gasteiger partial charge is 0.256 e. The molecule has 2 aromatic heterocycles. The lowest BCUT2D eigenvalue weighted by molar-refractivity contribution is 0.0950. The maximum atomic E-state index is 13.3. The van der Waals surface area contributed by atoms with Crippen LogP contribution in [0.15, 0.2) is 55.0 Å². The fraction of sp³-hybridized carbons (Fsp3) is 0.238. The van der Waals surface area contributed by atoms with Crippen LogP contribution in [0.3, 0.4) is 0 Å². The number of nitrogens with one attached hydrogen (secondary N) is 1. The van der Waals surface area contributed by atoms with Crippen molar-refractivity contribution < 1.29 is 9.18 Å². The van der Waals surface area contributed by atoms with Gasteiger partial charge in [0.15, 0.2) is 5.82 Å². The lowest BCUT2D eigenvalue weighted by Gasteiger charge is -2.29. The number of pyridine rings is 1. The van der Waals surface area contributed by atoms with Crippen molar-refractivity contribution in [3.05, 3.63) is 71.9 Å². The Kier molecular flexibility index (Phi) is 6.00. The van der Waals surface area contributed by atoms with E-state index in [-0.39, 0.29) is 11.7 Å². The molecule has 0 atom stereocenters. The van der Waals surface area contributed by atoms with Crippen molar-refractivity contribution in [3.63, 3.8) is 0 Å². The van der Waals surface area contributed by atoms with Crippen molar-refractivity contribution in [2.24, 2.45) is 0 Å². The summed E-state index contributed by atoms with van der Waals surface area (Å²) in [5, 5.41) is 2.92. The van der Waals surface area contributed by atoms with Crippen molar-refractivity contribution in [2.45, 2.75) is 6.54 Å². The first-order valence-corrected chi connectivity index (χ1v) is 10.5. The molecule has 3 aromatic rings. The van der Waals surface area contributed by atoms with E-state index in [4.69, 9.17) is 0 Å². The highest BCUT2D eigenvalue weighted by Gasteiger charge is 2.22. The number of hydrogen-bond donors (Lipinski definition) is 1. The van der Waals surface area contributed by atoms with E-state index in [1.807, 2.05) is 23.9 Å². The third-order valence-electron chi connectivity index (χ3n) is 4.60. The van der Waals surface area contributed by atoms with Gasteiger partial charge in [-0.3, -0.25) is 9.78 Å². The minimum absolute atomic E-state index is 0.229. The van der Waals surface area contributed by atoms with Gasteiger partial charge in [-0.05, 0) is 35.9 Å². The van der Waals surface area contributed by atoms with Gasteiger partial charge in [0, 0.05) is 55.3 Å². The molecule has 1 saturated heterocycles.